The molecule has 1 fully saturated rings. The standard InChI is InChI=1S/C13H29N3O/c1-15(2)8-9-16(3)13(11-14)7-5-6-12(10-13)17-4/h12H,5-11,14H2,1-4H3. The van der Waals surface area contributed by atoms with Crippen LogP contribution in [0.5, 0.6) is 0 Å². The molecule has 0 aliphatic heterocycles. The number of nitrogens with zero attached hydrogens (tertiary/aromatic N) is 2. The van der Waals surface area contributed by atoms with Crippen LogP contribution in [0.4, 0.5) is 0 Å². The molecule has 2 unspecified atom stereocenters. The van der Waals surface area contributed by atoms with Gasteiger partial charge in [0.2, 0.25) is 0 Å². The molecule has 1 saturated carbocycles. The number of nitrogens with two attached hydrogens (primary N) is 1. The van der Waals surface area contributed by atoms with Crippen molar-refractivity contribution >= 4 is 0 Å². The Kier molecular flexibility index (Phi) is 5.86. The first-order chi connectivity index (χ1) is 8.04. The van der Waals surface area contributed by atoms with Crippen LogP contribution < -0.4 is 5.73 Å². The lowest BCUT2D eigenvalue weighted by Gasteiger charge is -2.46. The van der Waals surface area contributed by atoms with Crippen molar-refractivity contribution in [1.82, 2.24) is 9.80 Å². The van der Waals surface area contributed by atoms with Crippen LogP contribution in [-0.4, -0.2) is 69.3 Å². The van der Waals surface area contributed by atoms with Crippen LogP contribution >= 0.6 is 0 Å². The van der Waals surface area contributed by atoms with Gasteiger partial charge in [0.15, 0.2) is 0 Å². The summed E-state index contributed by atoms with van der Waals surface area (Å²) in [5.41, 5.74) is 6.20. The number of likely N-dealkylation sites (N-methyl/N-ethyl adjacent to an activating group) is 2. The molecule has 0 spiro atoms. The Labute approximate surface area is 106 Å². The molecule has 0 radical (unpaired) electrons. The Balaban J connectivity index is 2.59. The molecule has 0 amide bonds. The third-order valence-electron chi connectivity index (χ3n) is 4.18. The molecule has 2 atom stereocenters. The van der Waals surface area contributed by atoms with E-state index in [9.17, 15) is 0 Å². The summed E-state index contributed by atoms with van der Waals surface area (Å²) in [6.07, 6.45) is 5.06. The van der Waals surface area contributed by atoms with Gasteiger partial charge in [0.25, 0.3) is 0 Å². The van der Waals surface area contributed by atoms with Crippen molar-refractivity contribution in [2.45, 2.75) is 37.3 Å². The number of hydrogen-bond donors (Lipinski definition) is 1. The highest BCUT2D eigenvalue weighted by Gasteiger charge is 2.38. The first-order valence-electron chi connectivity index (χ1n) is 6.63. The Morgan fingerprint density at radius 3 is 2.53 bits per heavy atom. The van der Waals surface area contributed by atoms with Crippen molar-refractivity contribution < 1.29 is 4.74 Å². The lowest BCUT2D eigenvalue weighted by Crippen LogP contribution is -2.57. The van der Waals surface area contributed by atoms with E-state index in [-0.39, 0.29) is 5.54 Å². The quantitative estimate of drug-likeness (QED) is 0.748. The summed E-state index contributed by atoms with van der Waals surface area (Å²) in [6, 6.07) is 0. The Morgan fingerprint density at radius 1 is 1.29 bits per heavy atom. The van der Waals surface area contributed by atoms with Gasteiger partial charge in [-0.3, -0.25) is 4.90 Å². The van der Waals surface area contributed by atoms with Gasteiger partial charge in [-0.25, -0.2) is 0 Å². The molecule has 0 heterocycles. The second-order valence-corrected chi connectivity index (χ2v) is 5.61. The Bertz CT molecular complexity index is 223. The van der Waals surface area contributed by atoms with Crippen LogP contribution in [-0.2, 0) is 4.74 Å². The number of methoxy groups -OCH3 is 1. The molecule has 4 nitrogen and oxygen atoms in total. The normalized spacial score (nSPS) is 30.2. The molecule has 4 heteroatoms. The SMILES string of the molecule is COC1CCCC(CN)(N(C)CCN(C)C)C1. The molecular weight excluding hydrogens is 214 g/mol. The maximum absolute atomic E-state index is 6.05. The predicted octanol–water partition coefficient (Wildman–Crippen LogP) is 0.766. The maximum Gasteiger partial charge on any atom is 0.0589 e. The lowest BCUT2D eigenvalue weighted by atomic mass is 9.79. The first kappa shape index (κ1) is 14.9. The fourth-order valence-corrected chi connectivity index (χ4v) is 2.76. The maximum atomic E-state index is 6.05. The third-order valence-corrected chi connectivity index (χ3v) is 4.18. The van der Waals surface area contributed by atoms with Gasteiger partial charge in [0.1, 0.15) is 0 Å². The van der Waals surface area contributed by atoms with E-state index in [0.717, 1.165) is 26.1 Å². The van der Waals surface area contributed by atoms with E-state index < -0.39 is 0 Å². The zero-order valence-corrected chi connectivity index (χ0v) is 11.9. The minimum atomic E-state index is 0.148. The van der Waals surface area contributed by atoms with E-state index >= 15 is 0 Å². The average Bonchev–Trinajstić information content (AvgIpc) is 2.35. The van der Waals surface area contributed by atoms with Crippen LogP contribution in [0.15, 0.2) is 0 Å². The van der Waals surface area contributed by atoms with E-state index in [1.54, 1.807) is 0 Å². The summed E-state index contributed by atoms with van der Waals surface area (Å²) in [6.45, 7) is 2.88. The third kappa shape index (κ3) is 3.91. The molecule has 0 aromatic rings. The molecule has 0 saturated heterocycles. The van der Waals surface area contributed by atoms with Crippen LogP contribution in [0, 0.1) is 0 Å². The topological polar surface area (TPSA) is 41.7 Å². The number of rotatable bonds is 6. The highest BCUT2D eigenvalue weighted by atomic mass is 16.5. The second kappa shape index (κ2) is 6.69. The number of hydrogen-bond acceptors (Lipinski definition) is 4. The smallest absolute Gasteiger partial charge is 0.0589 e. The van der Waals surface area contributed by atoms with Gasteiger partial charge >= 0.3 is 0 Å². The summed E-state index contributed by atoms with van der Waals surface area (Å²) in [5, 5.41) is 0. The minimum Gasteiger partial charge on any atom is -0.381 e. The zero-order valence-electron chi connectivity index (χ0n) is 11.9. The van der Waals surface area contributed by atoms with Gasteiger partial charge in [-0.05, 0) is 46.8 Å². The van der Waals surface area contributed by atoms with Crippen LogP contribution in [0.25, 0.3) is 0 Å². The summed E-state index contributed by atoms with van der Waals surface area (Å²) in [5.74, 6) is 0. The summed E-state index contributed by atoms with van der Waals surface area (Å²) in [7, 11) is 8.25. The zero-order chi connectivity index (χ0) is 12.9. The van der Waals surface area contributed by atoms with E-state index in [0.29, 0.717) is 6.10 Å². The molecule has 1 aliphatic carbocycles. The highest BCUT2D eigenvalue weighted by Crippen LogP contribution is 2.33. The highest BCUT2D eigenvalue weighted by molar-refractivity contribution is 4.96. The molecule has 0 bridgehead atoms. The van der Waals surface area contributed by atoms with E-state index in [4.69, 9.17) is 10.5 Å². The molecular formula is C13H29N3O. The average molecular weight is 243 g/mol. The largest absolute Gasteiger partial charge is 0.381 e. The predicted molar refractivity (Wildman–Crippen MR) is 72.2 cm³/mol. The van der Waals surface area contributed by atoms with Gasteiger partial charge in [0, 0.05) is 32.3 Å². The van der Waals surface area contributed by atoms with E-state index in [1.165, 1.54) is 19.3 Å². The molecule has 2 N–H and O–H groups in total. The molecule has 1 aliphatic rings. The minimum absolute atomic E-state index is 0.148. The van der Waals surface area contributed by atoms with Crippen molar-refractivity contribution in [2.24, 2.45) is 5.73 Å². The van der Waals surface area contributed by atoms with Crippen molar-refractivity contribution in [3.63, 3.8) is 0 Å². The van der Waals surface area contributed by atoms with Gasteiger partial charge in [-0.1, -0.05) is 0 Å². The van der Waals surface area contributed by atoms with E-state index in [1.807, 2.05) is 7.11 Å². The molecule has 1 rings (SSSR count). The fourth-order valence-electron chi connectivity index (χ4n) is 2.76. The second-order valence-electron chi connectivity index (χ2n) is 5.61. The van der Waals surface area contributed by atoms with Crippen molar-refractivity contribution in [3.05, 3.63) is 0 Å². The molecule has 0 aromatic carbocycles. The fraction of sp³-hybridized carbons (Fsp3) is 1.00. The van der Waals surface area contributed by atoms with Crippen molar-refractivity contribution in [1.29, 1.82) is 0 Å². The monoisotopic (exact) mass is 243 g/mol. The van der Waals surface area contributed by atoms with Gasteiger partial charge in [-0.2, -0.15) is 0 Å². The van der Waals surface area contributed by atoms with Gasteiger partial charge < -0.3 is 15.4 Å². The summed E-state index contributed by atoms with van der Waals surface area (Å²) >= 11 is 0. The van der Waals surface area contributed by atoms with Crippen LogP contribution in [0.2, 0.25) is 0 Å². The van der Waals surface area contributed by atoms with E-state index in [2.05, 4.69) is 30.9 Å². The van der Waals surface area contributed by atoms with Gasteiger partial charge in [0.05, 0.1) is 6.10 Å². The van der Waals surface area contributed by atoms with Crippen molar-refractivity contribution in [3.8, 4) is 0 Å². The van der Waals surface area contributed by atoms with Crippen LogP contribution in [0.3, 0.4) is 0 Å². The summed E-state index contributed by atoms with van der Waals surface area (Å²) in [4.78, 5) is 4.66. The Hall–Kier alpha value is -0.160. The van der Waals surface area contributed by atoms with Gasteiger partial charge in [-0.15, -0.1) is 0 Å². The van der Waals surface area contributed by atoms with Crippen molar-refractivity contribution in [2.75, 3.05) is 47.9 Å². The van der Waals surface area contributed by atoms with Crippen LogP contribution in [0.1, 0.15) is 25.7 Å². The first-order valence-corrected chi connectivity index (χ1v) is 6.63. The molecule has 102 valence electrons. The lowest BCUT2D eigenvalue weighted by molar-refractivity contribution is -0.0132. The molecule has 0 aromatic heterocycles. The summed E-state index contributed by atoms with van der Waals surface area (Å²) < 4.78 is 5.53. The number of ether oxygens (including phenoxy) is 1. The Morgan fingerprint density at radius 2 is 2.00 bits per heavy atom. The molecule has 17 heavy (non-hydrogen) atoms.